The summed E-state index contributed by atoms with van der Waals surface area (Å²) < 4.78 is 0. The van der Waals surface area contributed by atoms with Crippen molar-refractivity contribution in [3.63, 3.8) is 0 Å². The fourth-order valence-electron chi connectivity index (χ4n) is 0.955. The van der Waals surface area contributed by atoms with E-state index in [1.165, 1.54) is 12.8 Å². The number of rotatable bonds is 0. The molecule has 1 unspecified atom stereocenters. The van der Waals surface area contributed by atoms with Crippen LogP contribution in [0.3, 0.4) is 0 Å². The van der Waals surface area contributed by atoms with Gasteiger partial charge in [0.05, 0.1) is 0 Å². The second kappa shape index (κ2) is 5.39. The smallest absolute Gasteiger partial charge is 0.662 e. The molecule has 2 heteroatoms. The van der Waals surface area contributed by atoms with Crippen molar-refractivity contribution in [3.05, 3.63) is 5.32 Å². The first kappa shape index (κ1) is 9.60. The molecule has 0 N–H and O–H groups in total. The van der Waals surface area contributed by atoms with Crippen molar-refractivity contribution in [3.8, 4) is 0 Å². The Hall–Kier alpha value is 1.60. The summed E-state index contributed by atoms with van der Waals surface area (Å²) in [5.74, 6) is 0.869. The maximum atomic E-state index is 4.26. The van der Waals surface area contributed by atoms with Crippen molar-refractivity contribution >= 4 is 0 Å². The van der Waals surface area contributed by atoms with Gasteiger partial charge in [-0.1, -0.05) is 25.7 Å². The fraction of sp³-hybridized carbons (Fsp3) is 1.00. The van der Waals surface area contributed by atoms with Gasteiger partial charge >= 0.3 is 51.4 Å². The van der Waals surface area contributed by atoms with E-state index in [9.17, 15) is 0 Å². The van der Waals surface area contributed by atoms with Crippen LogP contribution in [0.5, 0.6) is 0 Å². The third-order valence-corrected chi connectivity index (χ3v) is 1.45. The zero-order valence-corrected chi connectivity index (χ0v) is 8.98. The average molecular weight is 137 g/mol. The summed E-state index contributed by atoms with van der Waals surface area (Å²) in [6.45, 7) is 4.49. The first-order valence-corrected chi connectivity index (χ1v) is 3.03. The molecule has 8 heavy (non-hydrogen) atoms. The minimum Gasteiger partial charge on any atom is -0.662 e. The Bertz CT molecular complexity index is 50.5. The van der Waals surface area contributed by atoms with Gasteiger partial charge in [-0.2, -0.15) is 0 Å². The molecule has 1 saturated heterocycles. The molecule has 1 nitrogen and oxygen atoms in total. The second-order valence-electron chi connectivity index (χ2n) is 2.38. The molecule has 1 atom stereocenters. The van der Waals surface area contributed by atoms with E-state index in [0.29, 0.717) is 0 Å². The number of hydrogen-bond donors (Lipinski definition) is 0. The topological polar surface area (TPSA) is 14.1 Å². The molecule has 0 aromatic heterocycles. The Morgan fingerprint density at radius 3 is 2.50 bits per heavy atom. The van der Waals surface area contributed by atoms with Gasteiger partial charge in [-0.25, -0.2) is 0 Å². The molecule has 0 spiro atoms. The maximum Gasteiger partial charge on any atom is 1.00 e. The van der Waals surface area contributed by atoms with Crippen molar-refractivity contribution in [2.75, 3.05) is 13.1 Å². The molecule has 0 amide bonds. The van der Waals surface area contributed by atoms with E-state index < -0.39 is 0 Å². The van der Waals surface area contributed by atoms with E-state index in [-0.39, 0.29) is 51.4 Å². The minimum atomic E-state index is 0. The van der Waals surface area contributed by atoms with Crippen molar-refractivity contribution in [1.29, 1.82) is 0 Å². The molecule has 1 heterocycles. The minimum absolute atomic E-state index is 0. The van der Waals surface area contributed by atoms with Gasteiger partial charge in [0.1, 0.15) is 0 Å². The number of piperidine rings is 1. The van der Waals surface area contributed by atoms with Gasteiger partial charge in [0.2, 0.25) is 0 Å². The summed E-state index contributed by atoms with van der Waals surface area (Å²) in [5.41, 5.74) is 0. The quantitative estimate of drug-likeness (QED) is 0.372. The molecule has 0 aromatic carbocycles. The second-order valence-corrected chi connectivity index (χ2v) is 2.38. The Morgan fingerprint density at radius 2 is 2.25 bits per heavy atom. The van der Waals surface area contributed by atoms with E-state index >= 15 is 0 Å². The normalized spacial score (nSPS) is 28.9. The van der Waals surface area contributed by atoms with Gasteiger partial charge in [0, 0.05) is 0 Å². The van der Waals surface area contributed by atoms with E-state index in [2.05, 4.69) is 12.2 Å². The van der Waals surface area contributed by atoms with E-state index in [0.717, 1.165) is 19.0 Å². The van der Waals surface area contributed by atoms with Crippen molar-refractivity contribution < 1.29 is 51.4 Å². The number of nitrogens with zero attached hydrogens (tertiary/aromatic N) is 1. The monoisotopic (exact) mass is 137 g/mol. The van der Waals surface area contributed by atoms with Crippen molar-refractivity contribution in [2.24, 2.45) is 5.92 Å². The molecule has 1 rings (SSSR count). The Balaban J connectivity index is 0.000000490. The van der Waals surface area contributed by atoms with Gasteiger partial charge in [0.15, 0.2) is 0 Å². The molecule has 0 aromatic rings. The van der Waals surface area contributed by atoms with Crippen LogP contribution in [-0.4, -0.2) is 13.1 Å². The molecule has 0 aliphatic carbocycles. The summed E-state index contributed by atoms with van der Waals surface area (Å²) in [7, 11) is 0. The van der Waals surface area contributed by atoms with Gasteiger partial charge in [-0.05, 0) is 0 Å². The van der Waals surface area contributed by atoms with Gasteiger partial charge in [-0.3, -0.25) is 0 Å². The van der Waals surface area contributed by atoms with E-state index in [1.807, 2.05) is 0 Å². The summed E-state index contributed by atoms with van der Waals surface area (Å²) in [5, 5.41) is 4.26. The van der Waals surface area contributed by atoms with Crippen LogP contribution in [0, 0.1) is 5.92 Å². The molecular formula is C6H12KN. The summed E-state index contributed by atoms with van der Waals surface area (Å²) in [4.78, 5) is 0. The maximum absolute atomic E-state index is 4.26. The molecule has 1 aliphatic heterocycles. The standard InChI is InChI=1S/C6H12N.K/c1-6-3-2-4-7-5-6;/h6H,2-5H2,1H3;/q-1;+1. The van der Waals surface area contributed by atoms with E-state index in [4.69, 9.17) is 0 Å². The van der Waals surface area contributed by atoms with Crippen LogP contribution in [0.15, 0.2) is 0 Å². The van der Waals surface area contributed by atoms with Crippen LogP contribution in [0.2, 0.25) is 0 Å². The van der Waals surface area contributed by atoms with Crippen LogP contribution in [-0.2, 0) is 0 Å². The predicted octanol–water partition coefficient (Wildman–Crippen LogP) is -1.21. The van der Waals surface area contributed by atoms with Gasteiger partial charge in [-0.15, -0.1) is 13.1 Å². The molecule has 0 radical (unpaired) electrons. The average Bonchev–Trinajstić information content (AvgIpc) is 1.69. The summed E-state index contributed by atoms with van der Waals surface area (Å²) >= 11 is 0. The molecule has 1 aliphatic rings. The molecule has 0 saturated carbocycles. The molecular weight excluding hydrogens is 125 g/mol. The Kier molecular flexibility index (Phi) is 6.46. The predicted molar refractivity (Wildman–Crippen MR) is 31.5 cm³/mol. The summed E-state index contributed by atoms with van der Waals surface area (Å²) in [6, 6.07) is 0. The third kappa shape index (κ3) is 3.59. The van der Waals surface area contributed by atoms with Crippen LogP contribution >= 0.6 is 0 Å². The zero-order chi connectivity index (χ0) is 5.11. The first-order chi connectivity index (χ1) is 3.39. The first-order valence-electron chi connectivity index (χ1n) is 3.03. The van der Waals surface area contributed by atoms with Crippen LogP contribution in [0.25, 0.3) is 5.32 Å². The van der Waals surface area contributed by atoms with E-state index in [1.54, 1.807) is 0 Å². The molecule has 1 fully saturated rings. The van der Waals surface area contributed by atoms with Crippen LogP contribution in [0.4, 0.5) is 0 Å². The fourth-order valence-corrected chi connectivity index (χ4v) is 0.955. The molecule has 0 bridgehead atoms. The van der Waals surface area contributed by atoms with Gasteiger partial charge in [0.25, 0.3) is 0 Å². The molecule has 42 valence electrons. The summed E-state index contributed by atoms with van der Waals surface area (Å²) in [6.07, 6.45) is 2.71. The Labute approximate surface area is 94.0 Å². The number of hydrogen-bond acceptors (Lipinski definition) is 0. The third-order valence-electron chi connectivity index (χ3n) is 1.45. The van der Waals surface area contributed by atoms with Gasteiger partial charge < -0.3 is 5.32 Å². The Morgan fingerprint density at radius 1 is 1.50 bits per heavy atom. The van der Waals surface area contributed by atoms with Crippen molar-refractivity contribution in [2.45, 2.75) is 19.8 Å². The van der Waals surface area contributed by atoms with Crippen LogP contribution in [0.1, 0.15) is 19.8 Å². The van der Waals surface area contributed by atoms with Crippen molar-refractivity contribution in [1.82, 2.24) is 0 Å². The zero-order valence-electron chi connectivity index (χ0n) is 5.85. The largest absolute Gasteiger partial charge is 1.00 e. The SMILES string of the molecule is CC1CCC[N-]C1.[K+]. The van der Waals surface area contributed by atoms with Crippen LogP contribution < -0.4 is 51.4 Å².